The number of urea groups is 1. The molecular formula is C25H27N3O5. The van der Waals surface area contributed by atoms with Crippen LogP contribution in [0.3, 0.4) is 0 Å². The van der Waals surface area contributed by atoms with E-state index >= 15 is 0 Å². The van der Waals surface area contributed by atoms with Gasteiger partial charge >= 0.3 is 6.03 Å². The molecule has 2 N–H and O–H groups in total. The van der Waals surface area contributed by atoms with E-state index in [0.717, 1.165) is 5.56 Å². The Kier molecular flexibility index (Phi) is 8.96. The van der Waals surface area contributed by atoms with Crippen molar-refractivity contribution < 1.29 is 23.7 Å². The smallest absolute Gasteiger partial charge is 0.339 e. The van der Waals surface area contributed by atoms with E-state index in [1.54, 1.807) is 31.4 Å². The number of nitrogens with zero attached hydrogens (tertiary/aromatic N) is 1. The first-order valence-corrected chi connectivity index (χ1v) is 10.5. The van der Waals surface area contributed by atoms with Gasteiger partial charge in [-0.2, -0.15) is 5.10 Å². The lowest BCUT2D eigenvalue weighted by atomic mass is 10.2. The van der Waals surface area contributed by atoms with Gasteiger partial charge in [0.25, 0.3) is 0 Å². The normalized spacial score (nSPS) is 10.5. The molecular weight excluding hydrogens is 422 g/mol. The highest BCUT2D eigenvalue weighted by Gasteiger charge is 2.08. The summed E-state index contributed by atoms with van der Waals surface area (Å²) in [5.74, 6) is 2.49. The number of anilines is 1. The quantitative estimate of drug-likeness (QED) is 0.251. The molecule has 172 valence electrons. The molecule has 0 atom stereocenters. The maximum Gasteiger partial charge on any atom is 0.339 e. The van der Waals surface area contributed by atoms with E-state index in [-0.39, 0.29) is 0 Å². The van der Waals surface area contributed by atoms with E-state index in [0.29, 0.717) is 48.5 Å². The molecule has 8 nitrogen and oxygen atoms in total. The van der Waals surface area contributed by atoms with Gasteiger partial charge in [0.1, 0.15) is 13.2 Å². The summed E-state index contributed by atoms with van der Waals surface area (Å²) in [5.41, 5.74) is 3.86. The second-order valence-electron chi connectivity index (χ2n) is 6.68. The van der Waals surface area contributed by atoms with E-state index < -0.39 is 6.03 Å². The number of benzene rings is 3. The zero-order valence-electron chi connectivity index (χ0n) is 18.6. The topological polar surface area (TPSA) is 90.4 Å². The average Bonchev–Trinajstić information content (AvgIpc) is 2.84. The Balaban J connectivity index is 1.52. The number of rotatable bonds is 11. The lowest BCUT2D eigenvalue weighted by Crippen LogP contribution is -2.24. The van der Waals surface area contributed by atoms with Crippen LogP contribution in [0.15, 0.2) is 77.9 Å². The Bertz CT molecular complexity index is 1060. The van der Waals surface area contributed by atoms with Gasteiger partial charge in [0, 0.05) is 5.69 Å². The molecule has 33 heavy (non-hydrogen) atoms. The maximum absolute atomic E-state index is 11.9. The molecule has 0 fully saturated rings. The third-order valence-corrected chi connectivity index (χ3v) is 4.35. The van der Waals surface area contributed by atoms with Crippen molar-refractivity contribution in [1.82, 2.24) is 5.43 Å². The van der Waals surface area contributed by atoms with Crippen LogP contribution in [0.4, 0.5) is 10.5 Å². The molecule has 0 aliphatic heterocycles. The molecule has 0 saturated carbocycles. The van der Waals surface area contributed by atoms with E-state index in [2.05, 4.69) is 15.8 Å². The van der Waals surface area contributed by atoms with E-state index in [1.807, 2.05) is 55.5 Å². The van der Waals surface area contributed by atoms with Crippen LogP contribution in [0.2, 0.25) is 0 Å². The van der Waals surface area contributed by atoms with Crippen molar-refractivity contribution in [3.05, 3.63) is 78.4 Å². The summed E-state index contributed by atoms with van der Waals surface area (Å²) < 4.78 is 22.5. The average molecular weight is 450 g/mol. The highest BCUT2D eigenvalue weighted by Crippen LogP contribution is 2.29. The number of ether oxygens (including phenoxy) is 4. The molecule has 0 saturated heterocycles. The van der Waals surface area contributed by atoms with Crippen molar-refractivity contribution in [2.75, 3.05) is 32.2 Å². The van der Waals surface area contributed by atoms with Crippen LogP contribution in [-0.2, 0) is 0 Å². The third-order valence-electron chi connectivity index (χ3n) is 4.35. The molecule has 8 heteroatoms. The monoisotopic (exact) mass is 449 g/mol. The molecule has 0 aliphatic carbocycles. The van der Waals surface area contributed by atoms with Crippen LogP contribution >= 0.6 is 0 Å². The highest BCUT2D eigenvalue weighted by atomic mass is 16.5. The summed E-state index contributed by atoms with van der Waals surface area (Å²) in [6.07, 6.45) is 1.53. The minimum atomic E-state index is -0.433. The molecule has 0 aliphatic rings. The van der Waals surface area contributed by atoms with Crippen LogP contribution < -0.4 is 29.7 Å². The van der Waals surface area contributed by atoms with Crippen molar-refractivity contribution in [3.63, 3.8) is 0 Å². The number of para-hydroxylation sites is 3. The van der Waals surface area contributed by atoms with Gasteiger partial charge in [-0.1, -0.05) is 30.3 Å². The van der Waals surface area contributed by atoms with Crippen molar-refractivity contribution in [2.45, 2.75) is 6.92 Å². The number of carbonyl (C=O) groups is 1. The van der Waals surface area contributed by atoms with Gasteiger partial charge in [0.2, 0.25) is 0 Å². The molecule has 2 amide bonds. The lowest BCUT2D eigenvalue weighted by molar-refractivity contribution is 0.203. The summed E-state index contributed by atoms with van der Waals surface area (Å²) in [6.45, 7) is 3.04. The number of carbonyl (C=O) groups excluding carboxylic acids is 1. The maximum atomic E-state index is 11.9. The first kappa shape index (κ1) is 23.5. The summed E-state index contributed by atoms with van der Waals surface area (Å²) >= 11 is 0. The largest absolute Gasteiger partial charge is 0.493 e. The van der Waals surface area contributed by atoms with Crippen molar-refractivity contribution in [3.8, 4) is 23.0 Å². The van der Waals surface area contributed by atoms with Crippen LogP contribution in [-0.4, -0.2) is 39.2 Å². The van der Waals surface area contributed by atoms with Gasteiger partial charge < -0.3 is 24.3 Å². The number of nitrogens with one attached hydrogen (secondary N) is 2. The van der Waals surface area contributed by atoms with Gasteiger partial charge in [0.15, 0.2) is 23.0 Å². The number of methoxy groups -OCH3 is 1. The number of amides is 2. The number of hydrazone groups is 1. The molecule has 3 aromatic carbocycles. The van der Waals surface area contributed by atoms with Crippen LogP contribution in [0.5, 0.6) is 23.0 Å². The molecule has 0 bridgehead atoms. The fraction of sp³-hybridized carbons (Fsp3) is 0.200. The lowest BCUT2D eigenvalue weighted by Gasteiger charge is -2.14. The zero-order valence-corrected chi connectivity index (χ0v) is 18.6. The Morgan fingerprint density at radius 1 is 0.848 bits per heavy atom. The van der Waals surface area contributed by atoms with Gasteiger partial charge in [-0.3, -0.25) is 0 Å². The summed E-state index contributed by atoms with van der Waals surface area (Å²) in [6, 6.07) is 21.5. The van der Waals surface area contributed by atoms with Gasteiger partial charge in [-0.25, -0.2) is 10.2 Å². The molecule has 0 heterocycles. The van der Waals surface area contributed by atoms with Crippen molar-refractivity contribution >= 4 is 17.9 Å². The standard InChI is InChI=1S/C25H27N3O5/c1-3-31-24-17-19(18-26-28-25(29)27-20-9-5-4-6-10-20)13-14-23(24)33-16-15-32-22-12-8-7-11-21(22)30-2/h4-14,17-18H,3,15-16H2,1-2H3,(H2,27,28,29). The Hall–Kier alpha value is -4.20. The van der Waals surface area contributed by atoms with Gasteiger partial charge in [0.05, 0.1) is 19.9 Å². The summed E-state index contributed by atoms with van der Waals surface area (Å²) in [7, 11) is 1.60. The predicted octanol–water partition coefficient (Wildman–Crippen LogP) is 4.71. The number of hydrogen-bond donors (Lipinski definition) is 2. The van der Waals surface area contributed by atoms with Crippen molar-refractivity contribution in [2.24, 2.45) is 5.10 Å². The molecule has 0 aromatic heterocycles. The Morgan fingerprint density at radius 2 is 1.52 bits per heavy atom. The van der Waals surface area contributed by atoms with Crippen molar-refractivity contribution in [1.29, 1.82) is 0 Å². The molecule has 3 aromatic rings. The Labute approximate surface area is 193 Å². The second kappa shape index (κ2) is 12.6. The SMILES string of the molecule is CCOc1cc(C=NNC(=O)Nc2ccccc2)ccc1OCCOc1ccccc1OC. The van der Waals surface area contributed by atoms with Crippen LogP contribution in [0, 0.1) is 0 Å². The van der Waals surface area contributed by atoms with Gasteiger partial charge in [-0.05, 0) is 55.0 Å². The molecule has 3 rings (SSSR count). The fourth-order valence-electron chi connectivity index (χ4n) is 2.88. The Morgan fingerprint density at radius 3 is 2.21 bits per heavy atom. The molecule has 0 radical (unpaired) electrons. The first-order valence-electron chi connectivity index (χ1n) is 10.5. The summed E-state index contributed by atoms with van der Waals surface area (Å²) in [5, 5.41) is 6.67. The first-order chi connectivity index (χ1) is 16.2. The van der Waals surface area contributed by atoms with Gasteiger partial charge in [-0.15, -0.1) is 0 Å². The molecule has 0 spiro atoms. The van der Waals surface area contributed by atoms with E-state index in [9.17, 15) is 4.79 Å². The van der Waals surface area contributed by atoms with E-state index in [4.69, 9.17) is 18.9 Å². The summed E-state index contributed by atoms with van der Waals surface area (Å²) in [4.78, 5) is 11.9. The van der Waals surface area contributed by atoms with Crippen LogP contribution in [0.25, 0.3) is 0 Å². The predicted molar refractivity (Wildman–Crippen MR) is 128 cm³/mol. The fourth-order valence-corrected chi connectivity index (χ4v) is 2.88. The third kappa shape index (κ3) is 7.46. The minimum absolute atomic E-state index is 0.326. The molecule has 0 unspecified atom stereocenters. The van der Waals surface area contributed by atoms with E-state index in [1.165, 1.54) is 6.21 Å². The second-order valence-corrected chi connectivity index (χ2v) is 6.68. The van der Waals surface area contributed by atoms with Crippen LogP contribution in [0.1, 0.15) is 12.5 Å². The number of hydrogen-bond acceptors (Lipinski definition) is 6. The zero-order chi connectivity index (χ0) is 23.3. The minimum Gasteiger partial charge on any atom is -0.493 e. The highest BCUT2D eigenvalue weighted by molar-refractivity contribution is 5.90.